The Labute approximate surface area is 244 Å². The van der Waals surface area contributed by atoms with Crippen LogP contribution in [0.25, 0.3) is 11.0 Å². The van der Waals surface area contributed by atoms with E-state index in [9.17, 15) is 4.79 Å². The lowest BCUT2D eigenvalue weighted by Crippen LogP contribution is -2.40. The summed E-state index contributed by atoms with van der Waals surface area (Å²) < 4.78 is 7.91. The number of nitrogens with zero attached hydrogens (tertiary/aromatic N) is 4. The zero-order valence-electron chi connectivity index (χ0n) is 24.4. The lowest BCUT2D eigenvalue weighted by Gasteiger charge is -2.34. The summed E-state index contributed by atoms with van der Waals surface area (Å²) in [5.41, 5.74) is 4.20. The van der Waals surface area contributed by atoms with Crippen LogP contribution in [0.5, 0.6) is 0 Å². The Balaban J connectivity index is 1.17. The first-order chi connectivity index (χ1) is 20.1. The molecule has 1 unspecified atom stereocenters. The maximum Gasteiger partial charge on any atom is 0.253 e. The predicted octanol–water partition coefficient (Wildman–Crippen LogP) is 5.90. The number of rotatable bonds is 13. The largest absolute Gasteiger partial charge is 0.380 e. The Kier molecular flexibility index (Phi) is 10.0. The number of anilines is 1. The van der Waals surface area contributed by atoms with Gasteiger partial charge >= 0.3 is 0 Å². The van der Waals surface area contributed by atoms with Gasteiger partial charge in [-0.3, -0.25) is 4.79 Å². The lowest BCUT2D eigenvalue weighted by molar-refractivity contribution is 0.0782. The average Bonchev–Trinajstić information content (AvgIpc) is 3.37. The third-order valence-electron chi connectivity index (χ3n) is 8.17. The minimum atomic E-state index is 0.0747. The van der Waals surface area contributed by atoms with Gasteiger partial charge in [0.2, 0.25) is 5.95 Å². The molecule has 1 aromatic heterocycles. The fourth-order valence-corrected chi connectivity index (χ4v) is 5.84. The summed E-state index contributed by atoms with van der Waals surface area (Å²) in [5, 5.41) is 3.76. The molecule has 0 radical (unpaired) electrons. The molecule has 1 N–H and O–H groups in total. The summed E-state index contributed by atoms with van der Waals surface area (Å²) in [6.07, 6.45) is 3.18. The third kappa shape index (κ3) is 7.54. The number of para-hydroxylation sites is 2. The number of carbonyl (C=O) groups excluding carboxylic acids is 1. The summed E-state index contributed by atoms with van der Waals surface area (Å²) in [5.74, 6) is 1.31. The van der Waals surface area contributed by atoms with Crippen LogP contribution in [0, 0.1) is 0 Å². The van der Waals surface area contributed by atoms with Crippen LogP contribution < -0.4 is 5.32 Å². The van der Waals surface area contributed by atoms with E-state index in [0.29, 0.717) is 19.2 Å². The fourth-order valence-electron chi connectivity index (χ4n) is 5.84. The molecule has 1 atom stereocenters. The summed E-state index contributed by atoms with van der Waals surface area (Å²) in [6.45, 7) is 8.05. The molecule has 216 valence electrons. The van der Waals surface area contributed by atoms with Gasteiger partial charge in [-0.25, -0.2) is 4.98 Å². The predicted molar refractivity (Wildman–Crippen MR) is 167 cm³/mol. The first-order valence-corrected chi connectivity index (χ1v) is 15.0. The van der Waals surface area contributed by atoms with Gasteiger partial charge in [0.25, 0.3) is 5.91 Å². The molecule has 4 aromatic rings. The fraction of sp³-hybridized carbons (Fsp3) is 0.412. The lowest BCUT2D eigenvalue weighted by atomic mass is 9.94. The van der Waals surface area contributed by atoms with Gasteiger partial charge in [0.15, 0.2) is 0 Å². The monoisotopic (exact) mass is 553 g/mol. The number of benzene rings is 3. The second-order valence-corrected chi connectivity index (χ2v) is 11.0. The number of carbonyl (C=O) groups is 1. The van der Waals surface area contributed by atoms with Crippen LogP contribution in [0.3, 0.4) is 0 Å². The zero-order chi connectivity index (χ0) is 28.4. The molecule has 0 spiro atoms. The number of imidazole rings is 1. The summed E-state index contributed by atoms with van der Waals surface area (Å²) in [7, 11) is 1.92. The molecule has 7 nitrogen and oxygen atoms in total. The average molecular weight is 554 g/mol. The van der Waals surface area contributed by atoms with Gasteiger partial charge in [0, 0.05) is 57.4 Å². The standard InChI is InChI=1S/C34H43N5O2/c1-3-41-25-24-39-32-17-11-10-16-31(32)36-34(39)35-30-19-22-38(23-20-30)21-18-29(27-12-6-4-7-13-27)26-37(2)33(40)28-14-8-5-9-15-28/h4-17,29-30H,3,18-26H2,1-2H3,(H,35,36). The highest BCUT2D eigenvalue weighted by atomic mass is 16.5. The first kappa shape index (κ1) is 28.8. The number of hydrogen-bond acceptors (Lipinski definition) is 5. The molecule has 0 saturated carbocycles. The molecule has 1 amide bonds. The topological polar surface area (TPSA) is 62.6 Å². The first-order valence-electron chi connectivity index (χ1n) is 15.0. The number of aromatic nitrogens is 2. The quantitative estimate of drug-likeness (QED) is 0.209. The number of fused-ring (bicyclic) bond motifs is 1. The van der Waals surface area contributed by atoms with E-state index in [2.05, 4.69) is 63.3 Å². The van der Waals surface area contributed by atoms with Gasteiger partial charge in [-0.1, -0.05) is 60.7 Å². The van der Waals surface area contributed by atoms with Crippen LogP contribution in [-0.2, 0) is 11.3 Å². The molecule has 7 heteroatoms. The van der Waals surface area contributed by atoms with Crippen LogP contribution in [0.15, 0.2) is 84.9 Å². The molecule has 2 heterocycles. The van der Waals surface area contributed by atoms with Gasteiger partial charge in [0.05, 0.1) is 17.6 Å². The van der Waals surface area contributed by atoms with E-state index in [-0.39, 0.29) is 11.8 Å². The van der Waals surface area contributed by atoms with Crippen molar-refractivity contribution in [3.05, 3.63) is 96.1 Å². The molecule has 0 bridgehead atoms. The van der Waals surface area contributed by atoms with Gasteiger partial charge in [-0.2, -0.15) is 0 Å². The summed E-state index contributed by atoms with van der Waals surface area (Å²) in [4.78, 5) is 22.4. The molecule has 3 aromatic carbocycles. The van der Waals surface area contributed by atoms with Crippen molar-refractivity contribution < 1.29 is 9.53 Å². The number of likely N-dealkylation sites (N-methyl/N-ethyl adjacent to an activating group) is 1. The Hall–Kier alpha value is -3.68. The van der Waals surface area contributed by atoms with Crippen LogP contribution >= 0.6 is 0 Å². The Morgan fingerprint density at radius 3 is 2.39 bits per heavy atom. The molecule has 1 saturated heterocycles. The van der Waals surface area contributed by atoms with Gasteiger partial charge in [-0.05, 0) is 62.6 Å². The Bertz CT molecular complexity index is 1370. The van der Waals surface area contributed by atoms with Crippen molar-refractivity contribution in [3.63, 3.8) is 0 Å². The smallest absolute Gasteiger partial charge is 0.253 e. The third-order valence-corrected chi connectivity index (χ3v) is 8.17. The number of nitrogens with one attached hydrogen (secondary N) is 1. The van der Waals surface area contributed by atoms with E-state index in [4.69, 9.17) is 9.72 Å². The second-order valence-electron chi connectivity index (χ2n) is 11.0. The van der Waals surface area contributed by atoms with E-state index >= 15 is 0 Å². The molecule has 1 fully saturated rings. The number of ether oxygens (including phenoxy) is 1. The van der Waals surface area contributed by atoms with E-state index in [1.54, 1.807) is 0 Å². The molecule has 5 rings (SSSR count). The van der Waals surface area contributed by atoms with Crippen LogP contribution in [-0.4, -0.2) is 77.7 Å². The van der Waals surface area contributed by atoms with Crippen molar-refractivity contribution in [2.75, 3.05) is 51.8 Å². The van der Waals surface area contributed by atoms with Gasteiger partial charge < -0.3 is 24.4 Å². The minimum absolute atomic E-state index is 0.0747. The Morgan fingerprint density at radius 1 is 0.976 bits per heavy atom. The van der Waals surface area contributed by atoms with Gasteiger partial charge in [-0.15, -0.1) is 0 Å². The summed E-state index contributed by atoms with van der Waals surface area (Å²) in [6, 6.07) is 28.9. The van der Waals surface area contributed by atoms with Crippen molar-refractivity contribution in [3.8, 4) is 0 Å². The highest BCUT2D eigenvalue weighted by molar-refractivity contribution is 5.94. The second kappa shape index (κ2) is 14.3. The molecular formula is C34H43N5O2. The molecule has 1 aliphatic rings. The number of likely N-dealkylation sites (tertiary alicyclic amines) is 1. The van der Waals surface area contributed by atoms with Crippen molar-refractivity contribution in [1.29, 1.82) is 0 Å². The van der Waals surface area contributed by atoms with Crippen molar-refractivity contribution in [2.24, 2.45) is 0 Å². The van der Waals surface area contributed by atoms with E-state index in [1.165, 1.54) is 5.56 Å². The van der Waals surface area contributed by atoms with Crippen LogP contribution in [0.1, 0.15) is 48.0 Å². The number of amides is 1. The van der Waals surface area contributed by atoms with E-state index in [1.807, 2.05) is 55.3 Å². The van der Waals surface area contributed by atoms with E-state index in [0.717, 1.165) is 74.6 Å². The Morgan fingerprint density at radius 2 is 1.66 bits per heavy atom. The minimum Gasteiger partial charge on any atom is -0.380 e. The normalized spacial score (nSPS) is 15.2. The highest BCUT2D eigenvalue weighted by Crippen LogP contribution is 2.25. The zero-order valence-corrected chi connectivity index (χ0v) is 24.4. The van der Waals surface area contributed by atoms with Crippen molar-refractivity contribution in [2.45, 2.75) is 44.7 Å². The van der Waals surface area contributed by atoms with Crippen LogP contribution in [0.4, 0.5) is 5.95 Å². The molecule has 0 aliphatic carbocycles. The van der Waals surface area contributed by atoms with Crippen molar-refractivity contribution >= 4 is 22.9 Å². The van der Waals surface area contributed by atoms with Crippen molar-refractivity contribution in [1.82, 2.24) is 19.4 Å². The maximum atomic E-state index is 13.1. The van der Waals surface area contributed by atoms with E-state index < -0.39 is 0 Å². The molecule has 41 heavy (non-hydrogen) atoms. The van der Waals surface area contributed by atoms with Gasteiger partial charge in [0.1, 0.15) is 0 Å². The highest BCUT2D eigenvalue weighted by Gasteiger charge is 2.24. The number of hydrogen-bond donors (Lipinski definition) is 1. The number of piperidine rings is 1. The maximum absolute atomic E-state index is 13.1. The molecular weight excluding hydrogens is 510 g/mol. The van der Waals surface area contributed by atoms with Crippen LogP contribution in [0.2, 0.25) is 0 Å². The molecule has 1 aliphatic heterocycles. The SMILES string of the molecule is CCOCCn1c(NC2CCN(CCC(CN(C)C(=O)c3ccccc3)c3ccccc3)CC2)nc2ccccc21. The summed E-state index contributed by atoms with van der Waals surface area (Å²) >= 11 is 0.